The molecular weight excluding hydrogens is 128 g/mol. The lowest BCUT2D eigenvalue weighted by molar-refractivity contribution is 1.00. The zero-order chi connectivity index (χ0) is 8.15. The van der Waals surface area contributed by atoms with Crippen molar-refractivity contribution < 1.29 is 0 Å². The minimum absolute atomic E-state index is 0.0463. The maximum absolute atomic E-state index is 5.48. The fourth-order valence-electron chi connectivity index (χ4n) is 0.539. The average Bonchev–Trinajstić information content (AvgIpc) is 2.00. The molecule has 0 aromatic rings. The van der Waals surface area contributed by atoms with Crippen LogP contribution in [-0.2, 0) is 0 Å². The molecule has 0 atom stereocenters. The van der Waals surface area contributed by atoms with Crippen LogP contribution in [0.15, 0.2) is 9.98 Å². The monoisotopic (exact) mass is 142 g/mol. The van der Waals surface area contributed by atoms with Gasteiger partial charge in [-0.3, -0.25) is 9.98 Å². The molecule has 4 nitrogen and oxygen atoms in total. The van der Waals surface area contributed by atoms with E-state index in [9.17, 15) is 0 Å². The third-order valence-electron chi connectivity index (χ3n) is 1.40. The summed E-state index contributed by atoms with van der Waals surface area (Å²) in [4.78, 5) is 7.58. The van der Waals surface area contributed by atoms with Crippen molar-refractivity contribution in [3.05, 3.63) is 0 Å². The van der Waals surface area contributed by atoms with Crippen LogP contribution in [0.25, 0.3) is 0 Å². The van der Waals surface area contributed by atoms with Crippen LogP contribution in [-0.4, -0.2) is 25.8 Å². The molecule has 0 unspecified atom stereocenters. The van der Waals surface area contributed by atoms with Crippen LogP contribution >= 0.6 is 0 Å². The van der Waals surface area contributed by atoms with E-state index in [1.807, 2.05) is 6.92 Å². The molecule has 0 fully saturated rings. The molecule has 0 aliphatic heterocycles. The molecule has 0 saturated heterocycles. The van der Waals surface area contributed by atoms with Crippen molar-refractivity contribution in [3.8, 4) is 0 Å². The molecule has 4 heteroatoms. The Balaban J connectivity index is 4.22. The summed E-state index contributed by atoms with van der Waals surface area (Å²) in [7, 11) is 3.27. The summed E-state index contributed by atoms with van der Waals surface area (Å²) in [5.74, 6) is 0.987. The number of nitrogens with two attached hydrogens (primary N) is 2. The van der Waals surface area contributed by atoms with Gasteiger partial charge in [0.05, 0.1) is 5.92 Å². The van der Waals surface area contributed by atoms with Gasteiger partial charge in [0.1, 0.15) is 11.7 Å². The van der Waals surface area contributed by atoms with Crippen molar-refractivity contribution in [1.29, 1.82) is 0 Å². The highest BCUT2D eigenvalue weighted by Gasteiger charge is 2.08. The van der Waals surface area contributed by atoms with Crippen LogP contribution in [0.2, 0.25) is 0 Å². The van der Waals surface area contributed by atoms with Gasteiger partial charge in [-0.05, 0) is 6.92 Å². The summed E-state index contributed by atoms with van der Waals surface area (Å²) in [5, 5.41) is 0. The van der Waals surface area contributed by atoms with Crippen molar-refractivity contribution in [3.63, 3.8) is 0 Å². The summed E-state index contributed by atoms with van der Waals surface area (Å²) in [6.45, 7) is 1.87. The van der Waals surface area contributed by atoms with E-state index in [0.717, 1.165) is 0 Å². The lowest BCUT2D eigenvalue weighted by atomic mass is 10.1. The topological polar surface area (TPSA) is 76.8 Å². The molecule has 0 bridgehead atoms. The highest BCUT2D eigenvalue weighted by atomic mass is 14.9. The molecule has 0 radical (unpaired) electrons. The molecule has 4 N–H and O–H groups in total. The molecule has 0 spiro atoms. The number of hydrogen-bond acceptors (Lipinski definition) is 2. The van der Waals surface area contributed by atoms with Gasteiger partial charge in [0.2, 0.25) is 0 Å². The fourth-order valence-corrected chi connectivity index (χ4v) is 0.539. The van der Waals surface area contributed by atoms with Gasteiger partial charge in [0.25, 0.3) is 0 Å². The van der Waals surface area contributed by atoms with E-state index in [4.69, 9.17) is 11.5 Å². The van der Waals surface area contributed by atoms with E-state index in [1.54, 1.807) is 14.1 Å². The van der Waals surface area contributed by atoms with E-state index < -0.39 is 0 Å². The van der Waals surface area contributed by atoms with E-state index in [0.29, 0.717) is 11.7 Å². The molecule has 58 valence electrons. The molecule has 0 amide bonds. The summed E-state index contributed by atoms with van der Waals surface area (Å²) in [6, 6.07) is 0. The predicted molar refractivity (Wildman–Crippen MR) is 44.3 cm³/mol. The largest absolute Gasteiger partial charge is 0.387 e. The first-order chi connectivity index (χ1) is 4.63. The second-order valence-electron chi connectivity index (χ2n) is 2.02. The molecule has 0 saturated carbocycles. The van der Waals surface area contributed by atoms with Crippen LogP contribution in [0, 0.1) is 5.92 Å². The Morgan fingerprint density at radius 1 is 1.10 bits per heavy atom. The van der Waals surface area contributed by atoms with Crippen molar-refractivity contribution in [2.75, 3.05) is 14.1 Å². The molecule has 0 heterocycles. The highest BCUT2D eigenvalue weighted by molar-refractivity contribution is 6.03. The quantitative estimate of drug-likeness (QED) is 0.406. The van der Waals surface area contributed by atoms with E-state index in [1.165, 1.54) is 0 Å². The maximum Gasteiger partial charge on any atom is 0.104 e. The molecule has 0 aromatic carbocycles. The minimum atomic E-state index is -0.0463. The van der Waals surface area contributed by atoms with Gasteiger partial charge in [-0.25, -0.2) is 0 Å². The Morgan fingerprint density at radius 2 is 1.40 bits per heavy atom. The maximum atomic E-state index is 5.48. The van der Waals surface area contributed by atoms with Crippen molar-refractivity contribution in [1.82, 2.24) is 0 Å². The number of amidine groups is 2. The van der Waals surface area contributed by atoms with Gasteiger partial charge in [-0.1, -0.05) is 0 Å². The first-order valence-electron chi connectivity index (χ1n) is 3.07. The smallest absolute Gasteiger partial charge is 0.104 e. The zero-order valence-electron chi connectivity index (χ0n) is 6.63. The molecule has 0 aromatic heterocycles. The lowest BCUT2D eigenvalue weighted by Gasteiger charge is -2.07. The lowest BCUT2D eigenvalue weighted by Crippen LogP contribution is -2.33. The van der Waals surface area contributed by atoms with Gasteiger partial charge in [-0.15, -0.1) is 0 Å². The predicted octanol–water partition coefficient (Wildman–Crippen LogP) is -0.403. The number of rotatable bonds is 2. The Kier molecular flexibility index (Phi) is 3.46. The summed E-state index contributed by atoms with van der Waals surface area (Å²) < 4.78 is 0. The Hall–Kier alpha value is -1.06. The standard InChI is InChI=1S/C6H14N4/c1-4(5(7)9-2)6(8)10-3/h4H,1-3H3,(H2,7,9)(H2,8,10). The Morgan fingerprint density at radius 3 is 1.60 bits per heavy atom. The Bertz CT molecular complexity index is 141. The fraction of sp³-hybridized carbons (Fsp3) is 0.667. The molecule has 0 aliphatic rings. The summed E-state index contributed by atoms with van der Waals surface area (Å²) >= 11 is 0. The molecule has 0 aliphatic carbocycles. The van der Waals surface area contributed by atoms with Crippen LogP contribution in [0.5, 0.6) is 0 Å². The van der Waals surface area contributed by atoms with Crippen LogP contribution in [0.3, 0.4) is 0 Å². The van der Waals surface area contributed by atoms with Crippen LogP contribution in [0.4, 0.5) is 0 Å². The third-order valence-corrected chi connectivity index (χ3v) is 1.40. The minimum Gasteiger partial charge on any atom is -0.387 e. The van der Waals surface area contributed by atoms with E-state index in [-0.39, 0.29) is 5.92 Å². The Labute approximate surface area is 61.0 Å². The van der Waals surface area contributed by atoms with Crippen LogP contribution in [0.1, 0.15) is 6.92 Å². The normalized spacial score (nSPS) is 17.1. The van der Waals surface area contributed by atoms with Crippen molar-refractivity contribution in [2.24, 2.45) is 27.4 Å². The van der Waals surface area contributed by atoms with Gasteiger partial charge in [0, 0.05) is 14.1 Å². The van der Waals surface area contributed by atoms with E-state index in [2.05, 4.69) is 9.98 Å². The number of nitrogens with zero attached hydrogens (tertiary/aromatic N) is 2. The van der Waals surface area contributed by atoms with Crippen molar-refractivity contribution in [2.45, 2.75) is 6.92 Å². The zero-order valence-corrected chi connectivity index (χ0v) is 6.63. The van der Waals surface area contributed by atoms with Gasteiger partial charge < -0.3 is 11.5 Å². The first kappa shape index (κ1) is 8.94. The molecular formula is C6H14N4. The molecule has 0 rings (SSSR count). The first-order valence-corrected chi connectivity index (χ1v) is 3.07. The summed E-state index contributed by atoms with van der Waals surface area (Å²) in [5.41, 5.74) is 11.0. The second kappa shape index (κ2) is 3.87. The van der Waals surface area contributed by atoms with Crippen molar-refractivity contribution >= 4 is 11.7 Å². The van der Waals surface area contributed by atoms with E-state index >= 15 is 0 Å². The third kappa shape index (κ3) is 2.05. The average molecular weight is 142 g/mol. The SMILES string of the molecule is CN=C(N)C(C)C(N)=NC. The highest BCUT2D eigenvalue weighted by Crippen LogP contribution is 1.93. The second-order valence-corrected chi connectivity index (χ2v) is 2.02. The number of hydrogen-bond donors (Lipinski definition) is 2. The van der Waals surface area contributed by atoms with Gasteiger partial charge in [-0.2, -0.15) is 0 Å². The summed E-state index contributed by atoms with van der Waals surface area (Å²) in [6.07, 6.45) is 0. The van der Waals surface area contributed by atoms with Gasteiger partial charge >= 0.3 is 0 Å². The molecule has 10 heavy (non-hydrogen) atoms. The number of aliphatic imine (C=N–C) groups is 2. The van der Waals surface area contributed by atoms with Crippen LogP contribution < -0.4 is 11.5 Å². The van der Waals surface area contributed by atoms with Gasteiger partial charge in [0.15, 0.2) is 0 Å².